The van der Waals surface area contributed by atoms with Crippen molar-refractivity contribution in [1.82, 2.24) is 9.78 Å². The van der Waals surface area contributed by atoms with Crippen molar-refractivity contribution >= 4 is 11.6 Å². The monoisotopic (exact) mass is 340 g/mol. The van der Waals surface area contributed by atoms with Crippen LogP contribution in [0, 0.1) is 0 Å². The lowest BCUT2D eigenvalue weighted by atomic mass is 10.1. The molecule has 0 unspecified atom stereocenters. The first-order chi connectivity index (χ1) is 11.7. The van der Waals surface area contributed by atoms with Crippen molar-refractivity contribution in [1.29, 1.82) is 0 Å². The number of benzene rings is 2. The second kappa shape index (κ2) is 7.32. The highest BCUT2D eigenvalue weighted by Gasteiger charge is 2.06. The molecule has 0 aliphatic heterocycles. The zero-order valence-electron chi connectivity index (χ0n) is 13.3. The minimum Gasteiger partial charge on any atom is -0.494 e. The van der Waals surface area contributed by atoms with E-state index in [-0.39, 0.29) is 5.56 Å². The summed E-state index contributed by atoms with van der Waals surface area (Å²) >= 11 is 6.17. The van der Waals surface area contributed by atoms with Crippen LogP contribution in [-0.2, 0) is 6.54 Å². The summed E-state index contributed by atoms with van der Waals surface area (Å²) in [5.74, 6) is 0.811. The van der Waals surface area contributed by atoms with Gasteiger partial charge < -0.3 is 4.74 Å². The van der Waals surface area contributed by atoms with E-state index in [9.17, 15) is 4.79 Å². The Hall–Kier alpha value is -2.59. The standard InChI is InChI=1S/C19H17ClN2O2/c1-2-24-16-9-7-14(8-10-16)18-11-12-19(23)22(21-18)13-15-5-3-4-6-17(15)20/h3-12H,2,13H2,1H3. The third-order valence-corrected chi connectivity index (χ3v) is 3.97. The first-order valence-electron chi connectivity index (χ1n) is 7.72. The van der Waals surface area contributed by atoms with Crippen LogP contribution in [-0.4, -0.2) is 16.4 Å². The highest BCUT2D eigenvalue weighted by Crippen LogP contribution is 2.20. The van der Waals surface area contributed by atoms with Crippen molar-refractivity contribution in [2.24, 2.45) is 0 Å². The predicted molar refractivity (Wildman–Crippen MR) is 95.7 cm³/mol. The summed E-state index contributed by atoms with van der Waals surface area (Å²) in [4.78, 5) is 12.1. The van der Waals surface area contributed by atoms with E-state index in [1.165, 1.54) is 10.7 Å². The molecular weight excluding hydrogens is 324 g/mol. The quantitative estimate of drug-likeness (QED) is 0.705. The minimum atomic E-state index is -0.162. The van der Waals surface area contributed by atoms with E-state index >= 15 is 0 Å². The van der Waals surface area contributed by atoms with E-state index in [0.717, 1.165) is 22.6 Å². The molecule has 4 nitrogen and oxygen atoms in total. The van der Waals surface area contributed by atoms with Crippen LogP contribution in [0.3, 0.4) is 0 Å². The average Bonchev–Trinajstić information content (AvgIpc) is 2.60. The normalized spacial score (nSPS) is 10.6. The van der Waals surface area contributed by atoms with Gasteiger partial charge in [0.25, 0.3) is 5.56 Å². The molecule has 0 atom stereocenters. The van der Waals surface area contributed by atoms with Crippen LogP contribution >= 0.6 is 11.6 Å². The molecule has 24 heavy (non-hydrogen) atoms. The fraction of sp³-hybridized carbons (Fsp3) is 0.158. The maximum Gasteiger partial charge on any atom is 0.267 e. The van der Waals surface area contributed by atoms with Gasteiger partial charge in [0, 0.05) is 16.7 Å². The van der Waals surface area contributed by atoms with Gasteiger partial charge in [-0.2, -0.15) is 5.10 Å². The number of hydrogen-bond acceptors (Lipinski definition) is 3. The molecule has 1 heterocycles. The Kier molecular flexibility index (Phi) is 4.96. The average molecular weight is 341 g/mol. The third-order valence-electron chi connectivity index (χ3n) is 3.61. The SMILES string of the molecule is CCOc1ccc(-c2ccc(=O)n(Cc3ccccc3Cl)n2)cc1. The summed E-state index contributed by atoms with van der Waals surface area (Å²) in [6.07, 6.45) is 0. The van der Waals surface area contributed by atoms with Crippen molar-refractivity contribution in [3.8, 4) is 17.0 Å². The van der Waals surface area contributed by atoms with Crippen LogP contribution < -0.4 is 10.3 Å². The number of nitrogens with zero attached hydrogens (tertiary/aromatic N) is 2. The van der Waals surface area contributed by atoms with Gasteiger partial charge >= 0.3 is 0 Å². The maximum atomic E-state index is 12.1. The van der Waals surface area contributed by atoms with Crippen molar-refractivity contribution in [3.63, 3.8) is 0 Å². The van der Waals surface area contributed by atoms with Gasteiger partial charge in [-0.1, -0.05) is 29.8 Å². The van der Waals surface area contributed by atoms with E-state index in [2.05, 4.69) is 5.10 Å². The molecule has 3 rings (SSSR count). The van der Waals surface area contributed by atoms with Crippen molar-refractivity contribution < 1.29 is 4.74 Å². The Balaban J connectivity index is 1.91. The molecule has 0 bridgehead atoms. The lowest BCUT2D eigenvalue weighted by molar-refractivity contribution is 0.340. The van der Waals surface area contributed by atoms with Gasteiger partial charge in [0.05, 0.1) is 18.8 Å². The van der Waals surface area contributed by atoms with Crippen molar-refractivity contribution in [3.05, 3.63) is 81.6 Å². The molecular formula is C19H17ClN2O2. The molecule has 0 saturated carbocycles. The van der Waals surface area contributed by atoms with Gasteiger partial charge in [0.2, 0.25) is 0 Å². The largest absolute Gasteiger partial charge is 0.494 e. The molecule has 2 aromatic carbocycles. The molecule has 5 heteroatoms. The topological polar surface area (TPSA) is 44.1 Å². The van der Waals surface area contributed by atoms with Crippen LogP contribution in [0.1, 0.15) is 12.5 Å². The summed E-state index contributed by atoms with van der Waals surface area (Å²) in [7, 11) is 0. The summed E-state index contributed by atoms with van der Waals surface area (Å²) in [6.45, 7) is 2.91. The van der Waals surface area contributed by atoms with Gasteiger partial charge in [-0.15, -0.1) is 0 Å². The number of ether oxygens (including phenoxy) is 1. The Bertz CT molecular complexity index is 888. The summed E-state index contributed by atoms with van der Waals surface area (Å²) in [5, 5.41) is 5.08. The lowest BCUT2D eigenvalue weighted by Crippen LogP contribution is -2.22. The number of aromatic nitrogens is 2. The van der Waals surface area contributed by atoms with E-state index in [1.807, 2.05) is 49.4 Å². The molecule has 0 aliphatic rings. The second-order valence-electron chi connectivity index (χ2n) is 5.26. The summed E-state index contributed by atoms with van der Waals surface area (Å²) in [5.41, 5.74) is 2.35. The Morgan fingerprint density at radius 3 is 2.50 bits per heavy atom. The van der Waals surface area contributed by atoms with E-state index in [1.54, 1.807) is 12.1 Å². The molecule has 0 radical (unpaired) electrons. The van der Waals surface area contributed by atoms with Crippen LogP contribution in [0.4, 0.5) is 0 Å². The first kappa shape index (κ1) is 16.3. The highest BCUT2D eigenvalue weighted by atomic mass is 35.5. The van der Waals surface area contributed by atoms with Gasteiger partial charge in [-0.3, -0.25) is 4.79 Å². The van der Waals surface area contributed by atoms with Gasteiger partial charge in [0.15, 0.2) is 0 Å². The molecule has 0 amide bonds. The zero-order chi connectivity index (χ0) is 16.9. The third kappa shape index (κ3) is 3.66. The van der Waals surface area contributed by atoms with Crippen LogP contribution in [0.15, 0.2) is 65.5 Å². The predicted octanol–water partition coefficient (Wildman–Crippen LogP) is 4.01. The first-order valence-corrected chi connectivity index (χ1v) is 8.10. The summed E-state index contributed by atoms with van der Waals surface area (Å²) < 4.78 is 6.87. The van der Waals surface area contributed by atoms with E-state index in [4.69, 9.17) is 16.3 Å². The fourth-order valence-corrected chi connectivity index (χ4v) is 2.59. The Morgan fingerprint density at radius 1 is 1.04 bits per heavy atom. The molecule has 0 N–H and O–H groups in total. The van der Waals surface area contributed by atoms with E-state index in [0.29, 0.717) is 18.2 Å². The fourth-order valence-electron chi connectivity index (χ4n) is 2.39. The lowest BCUT2D eigenvalue weighted by Gasteiger charge is -2.09. The van der Waals surface area contributed by atoms with Gasteiger partial charge in [0.1, 0.15) is 5.75 Å². The molecule has 122 valence electrons. The van der Waals surface area contributed by atoms with E-state index < -0.39 is 0 Å². The van der Waals surface area contributed by atoms with Gasteiger partial charge in [-0.25, -0.2) is 4.68 Å². The van der Waals surface area contributed by atoms with Crippen molar-refractivity contribution in [2.45, 2.75) is 13.5 Å². The van der Waals surface area contributed by atoms with Crippen molar-refractivity contribution in [2.75, 3.05) is 6.61 Å². The van der Waals surface area contributed by atoms with Crippen LogP contribution in [0.25, 0.3) is 11.3 Å². The summed E-state index contributed by atoms with van der Waals surface area (Å²) in [6, 6.07) is 18.3. The molecule has 1 aromatic heterocycles. The number of rotatable bonds is 5. The second-order valence-corrected chi connectivity index (χ2v) is 5.67. The number of halogens is 1. The highest BCUT2D eigenvalue weighted by molar-refractivity contribution is 6.31. The Labute approximate surface area is 145 Å². The molecule has 0 spiro atoms. The molecule has 3 aromatic rings. The molecule has 0 aliphatic carbocycles. The van der Waals surface area contributed by atoms with Crippen LogP contribution in [0.2, 0.25) is 5.02 Å². The maximum absolute atomic E-state index is 12.1. The number of hydrogen-bond donors (Lipinski definition) is 0. The zero-order valence-corrected chi connectivity index (χ0v) is 14.0. The smallest absolute Gasteiger partial charge is 0.267 e. The van der Waals surface area contributed by atoms with Crippen LogP contribution in [0.5, 0.6) is 5.75 Å². The van der Waals surface area contributed by atoms with Gasteiger partial charge in [-0.05, 0) is 48.9 Å². The Morgan fingerprint density at radius 2 is 1.79 bits per heavy atom. The molecule has 0 saturated heterocycles. The minimum absolute atomic E-state index is 0.162. The molecule has 0 fully saturated rings.